The summed E-state index contributed by atoms with van der Waals surface area (Å²) in [6, 6.07) is -0.624. The number of hydrogen-bond donors (Lipinski definition) is 3. The van der Waals surface area contributed by atoms with Crippen molar-refractivity contribution >= 4 is 11.9 Å². The standard InChI is InChI=1S/C73H141NO5/c1-3-5-7-9-11-13-15-17-18-19-36-39-42-45-49-53-57-61-65-71(76)70(69-75)74-72(77)66-62-58-54-50-46-43-40-37-34-32-30-28-26-24-22-20-21-23-25-27-29-31-33-35-38-41-44-48-52-56-60-64-68-79-73(78)67-63-59-55-51-47-16-14-12-10-8-6-4-2/h12,14,61,65,70-71,75-76H,3-11,13,15-60,62-64,66-69H2,1-2H3,(H,74,77)/b14-12-,65-61+. The van der Waals surface area contributed by atoms with E-state index in [2.05, 4.69) is 31.3 Å². The Balaban J connectivity index is 3.34. The zero-order chi connectivity index (χ0) is 57.1. The number of amides is 1. The normalized spacial score (nSPS) is 12.6. The first-order chi connectivity index (χ1) is 39.0. The molecular formula is C73H141NO5. The van der Waals surface area contributed by atoms with E-state index < -0.39 is 12.1 Å². The fourth-order valence-electron chi connectivity index (χ4n) is 11.5. The SMILES string of the molecule is CCCCC/C=C\CCCCCCCC(=O)OCCCCCCCCCCCCCCCCCCCCCCCCCCCCCCCCCCC(=O)NC(CO)C(O)/C=C/CCCCCCCCCCCCCCCCCC. The van der Waals surface area contributed by atoms with Crippen LogP contribution in [0.15, 0.2) is 24.3 Å². The Hall–Kier alpha value is -1.66. The van der Waals surface area contributed by atoms with Gasteiger partial charge in [-0.3, -0.25) is 9.59 Å². The largest absolute Gasteiger partial charge is 0.466 e. The Morgan fingerprint density at radius 3 is 0.924 bits per heavy atom. The van der Waals surface area contributed by atoms with Crippen molar-refractivity contribution < 1.29 is 24.5 Å². The summed E-state index contributed by atoms with van der Waals surface area (Å²) in [4.78, 5) is 24.5. The van der Waals surface area contributed by atoms with E-state index in [9.17, 15) is 19.8 Å². The van der Waals surface area contributed by atoms with Crippen LogP contribution < -0.4 is 5.32 Å². The molecule has 0 spiro atoms. The lowest BCUT2D eigenvalue weighted by molar-refractivity contribution is -0.143. The van der Waals surface area contributed by atoms with Crippen molar-refractivity contribution in [3.8, 4) is 0 Å². The van der Waals surface area contributed by atoms with E-state index in [0.717, 1.165) is 44.9 Å². The summed E-state index contributed by atoms with van der Waals surface area (Å²) in [5, 5.41) is 23.2. The summed E-state index contributed by atoms with van der Waals surface area (Å²) < 4.78 is 5.48. The smallest absolute Gasteiger partial charge is 0.305 e. The van der Waals surface area contributed by atoms with Gasteiger partial charge in [0.15, 0.2) is 0 Å². The summed E-state index contributed by atoms with van der Waals surface area (Å²) in [5.41, 5.74) is 0. The van der Waals surface area contributed by atoms with Gasteiger partial charge in [-0.2, -0.15) is 0 Å². The zero-order valence-electron chi connectivity index (χ0n) is 53.6. The van der Waals surface area contributed by atoms with Crippen molar-refractivity contribution in [3.63, 3.8) is 0 Å². The predicted molar refractivity (Wildman–Crippen MR) is 347 cm³/mol. The highest BCUT2D eigenvalue weighted by Gasteiger charge is 2.18. The highest BCUT2D eigenvalue weighted by atomic mass is 16.5. The Kier molecular flexibility index (Phi) is 67.4. The molecule has 0 radical (unpaired) electrons. The molecule has 3 N–H and O–H groups in total. The first-order valence-electron chi connectivity index (χ1n) is 36.1. The van der Waals surface area contributed by atoms with E-state index in [-0.39, 0.29) is 18.5 Å². The van der Waals surface area contributed by atoms with Crippen LogP contribution in [0.1, 0.15) is 406 Å². The van der Waals surface area contributed by atoms with Crippen LogP contribution in [0.2, 0.25) is 0 Å². The molecule has 0 aliphatic rings. The molecule has 0 bridgehead atoms. The van der Waals surface area contributed by atoms with E-state index in [1.807, 2.05) is 6.08 Å². The molecule has 0 aliphatic heterocycles. The average molecular weight is 1110 g/mol. The second kappa shape index (κ2) is 68.8. The number of esters is 1. The van der Waals surface area contributed by atoms with Crippen molar-refractivity contribution in [1.82, 2.24) is 5.32 Å². The molecule has 0 heterocycles. The van der Waals surface area contributed by atoms with Gasteiger partial charge in [0.2, 0.25) is 5.91 Å². The van der Waals surface area contributed by atoms with Crippen LogP contribution in [0.25, 0.3) is 0 Å². The first kappa shape index (κ1) is 77.3. The minimum Gasteiger partial charge on any atom is -0.466 e. The van der Waals surface area contributed by atoms with Gasteiger partial charge in [-0.05, 0) is 57.8 Å². The van der Waals surface area contributed by atoms with Gasteiger partial charge >= 0.3 is 5.97 Å². The van der Waals surface area contributed by atoms with Crippen LogP contribution in [0, 0.1) is 0 Å². The summed E-state index contributed by atoms with van der Waals surface area (Å²) in [5.74, 6) is -0.0485. The number of hydrogen-bond acceptors (Lipinski definition) is 5. The van der Waals surface area contributed by atoms with E-state index in [0.29, 0.717) is 19.4 Å². The molecule has 0 aromatic heterocycles. The molecule has 2 atom stereocenters. The van der Waals surface area contributed by atoms with Gasteiger partial charge < -0.3 is 20.3 Å². The average Bonchev–Trinajstić information content (AvgIpc) is 3.45. The number of carbonyl (C=O) groups excluding carboxylic acids is 2. The Morgan fingerprint density at radius 2 is 0.595 bits per heavy atom. The minimum absolute atomic E-state index is 0.0113. The predicted octanol–water partition coefficient (Wildman–Crippen LogP) is 23.3. The molecule has 2 unspecified atom stereocenters. The third kappa shape index (κ3) is 65.4. The third-order valence-electron chi connectivity index (χ3n) is 17.0. The number of allylic oxidation sites excluding steroid dienone is 3. The van der Waals surface area contributed by atoms with Crippen LogP contribution in [0.5, 0.6) is 0 Å². The molecule has 0 aromatic rings. The molecule has 79 heavy (non-hydrogen) atoms. The lowest BCUT2D eigenvalue weighted by Gasteiger charge is -2.20. The van der Waals surface area contributed by atoms with E-state index in [1.165, 1.54) is 334 Å². The van der Waals surface area contributed by atoms with Gasteiger partial charge in [0.25, 0.3) is 0 Å². The number of nitrogens with one attached hydrogen (secondary N) is 1. The molecule has 0 aromatic carbocycles. The van der Waals surface area contributed by atoms with Crippen molar-refractivity contribution in [2.45, 2.75) is 418 Å². The molecule has 468 valence electrons. The molecule has 0 rings (SSSR count). The van der Waals surface area contributed by atoms with Gasteiger partial charge in [-0.25, -0.2) is 0 Å². The molecular weight excluding hydrogens is 971 g/mol. The number of rotatable bonds is 68. The molecule has 0 saturated carbocycles. The number of aliphatic hydroxyl groups is 2. The van der Waals surface area contributed by atoms with E-state index in [1.54, 1.807) is 6.08 Å². The van der Waals surface area contributed by atoms with Crippen LogP contribution in [-0.4, -0.2) is 47.4 Å². The van der Waals surface area contributed by atoms with Gasteiger partial charge in [-0.1, -0.05) is 359 Å². The minimum atomic E-state index is -0.841. The molecule has 0 fully saturated rings. The fraction of sp³-hybridized carbons (Fsp3) is 0.918. The quantitative estimate of drug-likeness (QED) is 0.0320. The van der Waals surface area contributed by atoms with Gasteiger partial charge in [0.05, 0.1) is 25.4 Å². The summed E-state index contributed by atoms with van der Waals surface area (Å²) in [6.45, 7) is 4.92. The zero-order valence-corrected chi connectivity index (χ0v) is 53.6. The number of aliphatic hydroxyl groups excluding tert-OH is 2. The maximum absolute atomic E-state index is 12.5. The van der Waals surface area contributed by atoms with Crippen LogP contribution >= 0.6 is 0 Å². The van der Waals surface area contributed by atoms with Crippen LogP contribution in [0.4, 0.5) is 0 Å². The Labute approximate surface area is 494 Å². The topological polar surface area (TPSA) is 95.9 Å². The van der Waals surface area contributed by atoms with E-state index >= 15 is 0 Å². The Morgan fingerprint density at radius 1 is 0.342 bits per heavy atom. The molecule has 0 saturated heterocycles. The highest BCUT2D eigenvalue weighted by molar-refractivity contribution is 5.76. The van der Waals surface area contributed by atoms with Crippen molar-refractivity contribution in [2.24, 2.45) is 0 Å². The maximum atomic E-state index is 12.5. The second-order valence-corrected chi connectivity index (χ2v) is 24.9. The van der Waals surface area contributed by atoms with Crippen molar-refractivity contribution in [3.05, 3.63) is 24.3 Å². The fourth-order valence-corrected chi connectivity index (χ4v) is 11.5. The maximum Gasteiger partial charge on any atom is 0.305 e. The lowest BCUT2D eigenvalue weighted by atomic mass is 10.0. The molecule has 1 amide bonds. The molecule has 6 nitrogen and oxygen atoms in total. The highest BCUT2D eigenvalue weighted by Crippen LogP contribution is 2.19. The Bertz CT molecular complexity index is 1230. The third-order valence-corrected chi connectivity index (χ3v) is 17.0. The molecule has 6 heteroatoms. The monoisotopic (exact) mass is 1110 g/mol. The van der Waals surface area contributed by atoms with Gasteiger partial charge in [0.1, 0.15) is 0 Å². The second-order valence-electron chi connectivity index (χ2n) is 24.9. The van der Waals surface area contributed by atoms with Gasteiger partial charge in [-0.15, -0.1) is 0 Å². The summed E-state index contributed by atoms with van der Waals surface area (Å²) in [6.07, 6.45) is 87.0. The molecule has 0 aliphatic carbocycles. The summed E-state index contributed by atoms with van der Waals surface area (Å²) >= 11 is 0. The van der Waals surface area contributed by atoms with E-state index in [4.69, 9.17) is 4.74 Å². The van der Waals surface area contributed by atoms with Crippen molar-refractivity contribution in [2.75, 3.05) is 13.2 Å². The summed E-state index contributed by atoms with van der Waals surface area (Å²) in [7, 11) is 0. The first-order valence-corrected chi connectivity index (χ1v) is 36.1. The number of carbonyl (C=O) groups is 2. The van der Waals surface area contributed by atoms with Crippen LogP contribution in [0.3, 0.4) is 0 Å². The van der Waals surface area contributed by atoms with Crippen LogP contribution in [-0.2, 0) is 14.3 Å². The number of ether oxygens (including phenoxy) is 1. The lowest BCUT2D eigenvalue weighted by Crippen LogP contribution is -2.45. The van der Waals surface area contributed by atoms with Crippen molar-refractivity contribution in [1.29, 1.82) is 0 Å². The number of unbranched alkanes of at least 4 members (excludes halogenated alkanes) is 55. The van der Waals surface area contributed by atoms with Gasteiger partial charge in [0, 0.05) is 12.8 Å².